The van der Waals surface area contributed by atoms with Crippen LogP contribution >= 0.6 is 0 Å². The number of rotatable bonds is 8. The number of hydrogen-bond acceptors (Lipinski definition) is 4. The van der Waals surface area contributed by atoms with Crippen LogP contribution in [-0.2, 0) is 27.2 Å². The summed E-state index contributed by atoms with van der Waals surface area (Å²) >= 11 is 0. The molecule has 0 radical (unpaired) electrons. The maximum atomic E-state index is 12.4. The lowest BCUT2D eigenvalue weighted by molar-refractivity contribution is -0.147. The van der Waals surface area contributed by atoms with E-state index in [9.17, 15) is 9.59 Å². The molecule has 1 amide bonds. The summed E-state index contributed by atoms with van der Waals surface area (Å²) in [6, 6.07) is 17.5. The van der Waals surface area contributed by atoms with E-state index in [4.69, 9.17) is 10.5 Å². The molecule has 2 atom stereocenters. The van der Waals surface area contributed by atoms with E-state index in [1.807, 2.05) is 60.7 Å². The molecule has 2 aromatic rings. The molecular formula is C20H24N2O3. The smallest absolute Gasteiger partial charge is 0.328 e. The maximum absolute atomic E-state index is 12.4. The highest BCUT2D eigenvalue weighted by Crippen LogP contribution is 2.07. The zero-order valence-electron chi connectivity index (χ0n) is 14.4. The predicted molar refractivity (Wildman–Crippen MR) is 96.8 cm³/mol. The van der Waals surface area contributed by atoms with Crippen molar-refractivity contribution in [1.29, 1.82) is 0 Å². The molecule has 0 fully saturated rings. The van der Waals surface area contributed by atoms with Gasteiger partial charge in [-0.15, -0.1) is 0 Å². The standard InChI is InChI=1S/C20H24N2O3/c1-2-25-20(24)18(14-16-11-7-4-8-12-16)22-19(23)17(21)13-15-9-5-3-6-10-15/h3-12,17-18H,2,13-14,21H2,1H3,(H,22,23). The number of ether oxygens (including phenoxy) is 1. The Labute approximate surface area is 148 Å². The molecule has 3 N–H and O–H groups in total. The average molecular weight is 340 g/mol. The molecule has 5 heteroatoms. The van der Waals surface area contributed by atoms with E-state index in [0.717, 1.165) is 11.1 Å². The molecule has 0 aliphatic heterocycles. The Morgan fingerprint density at radius 2 is 1.48 bits per heavy atom. The number of amides is 1. The summed E-state index contributed by atoms with van der Waals surface area (Å²) in [7, 11) is 0. The number of carbonyl (C=O) groups is 2. The van der Waals surface area contributed by atoms with Gasteiger partial charge in [-0.25, -0.2) is 4.79 Å². The van der Waals surface area contributed by atoms with Gasteiger partial charge in [0.2, 0.25) is 5.91 Å². The second-order valence-corrected chi connectivity index (χ2v) is 5.80. The quantitative estimate of drug-likeness (QED) is 0.719. The first-order valence-corrected chi connectivity index (χ1v) is 8.40. The third-order valence-electron chi connectivity index (χ3n) is 3.81. The van der Waals surface area contributed by atoms with Gasteiger partial charge in [-0.05, 0) is 24.5 Å². The van der Waals surface area contributed by atoms with Crippen molar-refractivity contribution >= 4 is 11.9 Å². The van der Waals surface area contributed by atoms with Crippen molar-refractivity contribution in [3.05, 3.63) is 71.8 Å². The number of hydrogen-bond donors (Lipinski definition) is 2. The van der Waals surface area contributed by atoms with Crippen LogP contribution in [0, 0.1) is 0 Å². The van der Waals surface area contributed by atoms with Crippen molar-refractivity contribution in [3.63, 3.8) is 0 Å². The Morgan fingerprint density at radius 3 is 2.00 bits per heavy atom. The fourth-order valence-corrected chi connectivity index (χ4v) is 2.53. The van der Waals surface area contributed by atoms with E-state index in [0.29, 0.717) is 12.8 Å². The minimum Gasteiger partial charge on any atom is -0.464 e. The third-order valence-corrected chi connectivity index (χ3v) is 3.81. The van der Waals surface area contributed by atoms with Gasteiger partial charge in [0.25, 0.3) is 0 Å². The van der Waals surface area contributed by atoms with E-state index in [2.05, 4.69) is 5.32 Å². The molecule has 0 heterocycles. The first kappa shape index (κ1) is 18.7. The summed E-state index contributed by atoms with van der Waals surface area (Å²) in [5.74, 6) is -0.815. The number of nitrogens with one attached hydrogen (secondary N) is 1. The zero-order valence-corrected chi connectivity index (χ0v) is 14.4. The molecule has 0 bridgehead atoms. The molecule has 0 saturated carbocycles. The number of nitrogens with two attached hydrogens (primary N) is 1. The average Bonchev–Trinajstić information content (AvgIpc) is 2.63. The summed E-state index contributed by atoms with van der Waals surface area (Å²) in [5, 5.41) is 2.73. The Bertz CT molecular complexity index is 674. The van der Waals surface area contributed by atoms with Crippen molar-refractivity contribution in [2.45, 2.75) is 31.8 Å². The molecule has 132 valence electrons. The monoisotopic (exact) mass is 340 g/mol. The molecule has 0 aliphatic carbocycles. The maximum Gasteiger partial charge on any atom is 0.328 e. The molecule has 25 heavy (non-hydrogen) atoms. The molecule has 0 aromatic heterocycles. The molecular weight excluding hydrogens is 316 g/mol. The van der Waals surface area contributed by atoms with Gasteiger partial charge >= 0.3 is 5.97 Å². The second-order valence-electron chi connectivity index (χ2n) is 5.80. The van der Waals surface area contributed by atoms with E-state index < -0.39 is 18.1 Å². The van der Waals surface area contributed by atoms with Crippen LogP contribution in [0.25, 0.3) is 0 Å². The zero-order chi connectivity index (χ0) is 18.1. The lowest BCUT2D eigenvalue weighted by Crippen LogP contribution is -2.50. The normalized spacial score (nSPS) is 12.9. The predicted octanol–water partition coefficient (Wildman–Crippen LogP) is 1.85. The van der Waals surface area contributed by atoms with Gasteiger partial charge in [0.05, 0.1) is 12.6 Å². The lowest BCUT2D eigenvalue weighted by Gasteiger charge is -2.20. The number of esters is 1. The lowest BCUT2D eigenvalue weighted by atomic mass is 10.0. The van der Waals surface area contributed by atoms with Gasteiger partial charge in [0.15, 0.2) is 0 Å². The van der Waals surface area contributed by atoms with Gasteiger partial charge in [-0.2, -0.15) is 0 Å². The molecule has 2 aromatic carbocycles. The summed E-state index contributed by atoms with van der Waals surface area (Å²) in [5.41, 5.74) is 7.92. The molecule has 5 nitrogen and oxygen atoms in total. The Balaban J connectivity index is 2.01. The summed E-state index contributed by atoms with van der Waals surface area (Å²) in [6.07, 6.45) is 0.775. The summed E-state index contributed by atoms with van der Waals surface area (Å²) in [6.45, 7) is 2.00. The molecule has 0 aliphatic rings. The third kappa shape index (κ3) is 6.04. The van der Waals surface area contributed by atoms with E-state index in [1.54, 1.807) is 6.92 Å². The van der Waals surface area contributed by atoms with Gasteiger partial charge < -0.3 is 15.8 Å². The van der Waals surface area contributed by atoms with Crippen LogP contribution in [0.3, 0.4) is 0 Å². The van der Waals surface area contributed by atoms with Crippen molar-refractivity contribution < 1.29 is 14.3 Å². The molecule has 0 saturated heterocycles. The fraction of sp³-hybridized carbons (Fsp3) is 0.300. The fourth-order valence-electron chi connectivity index (χ4n) is 2.53. The Morgan fingerprint density at radius 1 is 0.960 bits per heavy atom. The van der Waals surface area contributed by atoms with Crippen LogP contribution in [0.1, 0.15) is 18.1 Å². The number of benzene rings is 2. The van der Waals surface area contributed by atoms with Crippen LogP contribution in [0.5, 0.6) is 0 Å². The van der Waals surface area contributed by atoms with Crippen LogP contribution in [0.2, 0.25) is 0 Å². The largest absolute Gasteiger partial charge is 0.464 e. The first-order valence-electron chi connectivity index (χ1n) is 8.40. The van der Waals surface area contributed by atoms with Gasteiger partial charge in [-0.3, -0.25) is 4.79 Å². The van der Waals surface area contributed by atoms with E-state index >= 15 is 0 Å². The topological polar surface area (TPSA) is 81.4 Å². The molecule has 2 unspecified atom stereocenters. The van der Waals surface area contributed by atoms with Crippen molar-refractivity contribution in [3.8, 4) is 0 Å². The number of carbonyl (C=O) groups excluding carboxylic acids is 2. The minimum absolute atomic E-state index is 0.260. The van der Waals surface area contributed by atoms with Gasteiger partial charge in [0, 0.05) is 6.42 Å². The highest BCUT2D eigenvalue weighted by Gasteiger charge is 2.25. The summed E-state index contributed by atoms with van der Waals surface area (Å²) in [4.78, 5) is 24.6. The summed E-state index contributed by atoms with van der Waals surface area (Å²) < 4.78 is 5.08. The molecule has 2 rings (SSSR count). The van der Waals surface area contributed by atoms with Gasteiger partial charge in [-0.1, -0.05) is 60.7 Å². The molecule has 0 spiro atoms. The minimum atomic E-state index is -0.753. The van der Waals surface area contributed by atoms with E-state index in [1.165, 1.54) is 0 Å². The van der Waals surface area contributed by atoms with Crippen molar-refractivity contribution in [2.75, 3.05) is 6.61 Å². The van der Waals surface area contributed by atoms with Gasteiger partial charge in [0.1, 0.15) is 6.04 Å². The Hall–Kier alpha value is -2.66. The van der Waals surface area contributed by atoms with Crippen molar-refractivity contribution in [2.24, 2.45) is 5.73 Å². The Kier molecular flexibility index (Phi) is 7.16. The highest BCUT2D eigenvalue weighted by molar-refractivity contribution is 5.87. The van der Waals surface area contributed by atoms with Crippen LogP contribution in [-0.4, -0.2) is 30.6 Å². The van der Waals surface area contributed by atoms with Crippen LogP contribution in [0.15, 0.2) is 60.7 Å². The van der Waals surface area contributed by atoms with Crippen molar-refractivity contribution in [1.82, 2.24) is 5.32 Å². The second kappa shape index (κ2) is 9.59. The van der Waals surface area contributed by atoms with Crippen LogP contribution in [0.4, 0.5) is 0 Å². The highest BCUT2D eigenvalue weighted by atomic mass is 16.5. The SMILES string of the molecule is CCOC(=O)C(Cc1ccccc1)NC(=O)C(N)Cc1ccccc1. The van der Waals surface area contributed by atoms with Crippen LogP contribution < -0.4 is 11.1 Å². The van der Waals surface area contributed by atoms with E-state index in [-0.39, 0.29) is 12.5 Å². The first-order chi connectivity index (χ1) is 12.1.